The maximum Gasteiger partial charge on any atom is 0.153 e. The number of methoxy groups -OCH3 is 1. The summed E-state index contributed by atoms with van der Waals surface area (Å²) in [5.41, 5.74) is 0.562. The molecule has 0 saturated carbocycles. The van der Waals surface area contributed by atoms with E-state index in [0.717, 1.165) is 6.07 Å². The summed E-state index contributed by atoms with van der Waals surface area (Å²) in [6.07, 6.45) is 0.692. The van der Waals surface area contributed by atoms with Gasteiger partial charge >= 0.3 is 0 Å². The summed E-state index contributed by atoms with van der Waals surface area (Å²) in [7, 11) is 1.61. The van der Waals surface area contributed by atoms with Crippen molar-refractivity contribution < 1.29 is 18.3 Å². The predicted molar refractivity (Wildman–Crippen MR) is 76.5 cm³/mol. The average Bonchev–Trinajstić information content (AvgIpc) is 2.81. The van der Waals surface area contributed by atoms with Crippen LogP contribution >= 0.6 is 11.6 Å². The van der Waals surface area contributed by atoms with Gasteiger partial charge in [0.05, 0.1) is 24.6 Å². The van der Waals surface area contributed by atoms with Gasteiger partial charge in [-0.15, -0.1) is 11.6 Å². The normalized spacial score (nSPS) is 11.4. The van der Waals surface area contributed by atoms with Crippen LogP contribution in [0.25, 0.3) is 11.0 Å². The van der Waals surface area contributed by atoms with Crippen LogP contribution in [-0.4, -0.2) is 36.5 Å². The molecule has 0 amide bonds. The van der Waals surface area contributed by atoms with Gasteiger partial charge in [-0.2, -0.15) is 0 Å². The molecule has 0 fully saturated rings. The van der Waals surface area contributed by atoms with Crippen molar-refractivity contribution in [1.82, 2.24) is 9.55 Å². The van der Waals surface area contributed by atoms with Crippen LogP contribution in [-0.2, 0) is 21.9 Å². The second-order valence-electron chi connectivity index (χ2n) is 4.53. The highest BCUT2D eigenvalue weighted by Crippen LogP contribution is 2.22. The highest BCUT2D eigenvalue weighted by Gasteiger charge is 2.14. The lowest BCUT2D eigenvalue weighted by Crippen LogP contribution is -2.08. The predicted octanol–water partition coefficient (Wildman–Crippen LogP) is 3.11. The number of hydrogen-bond donors (Lipinski definition) is 0. The molecule has 1 heterocycles. The summed E-state index contributed by atoms with van der Waals surface area (Å²) >= 11 is 5.83. The summed E-state index contributed by atoms with van der Waals surface area (Å²) < 4.78 is 39.0. The first kappa shape index (κ1) is 16.1. The van der Waals surface area contributed by atoms with Gasteiger partial charge in [-0.05, 0) is 12.5 Å². The Morgan fingerprint density at radius 2 is 2.05 bits per heavy atom. The number of nitrogens with zero attached hydrogens (tertiary/aromatic N) is 2. The molecule has 4 nitrogen and oxygen atoms in total. The number of aromatic nitrogens is 2. The maximum atomic E-state index is 13.7. The first-order chi connectivity index (χ1) is 10.2. The summed E-state index contributed by atoms with van der Waals surface area (Å²) in [6.45, 7) is 2.13. The molecule has 0 saturated heterocycles. The number of imidazole rings is 1. The lowest BCUT2D eigenvalue weighted by atomic mass is 10.3. The highest BCUT2D eigenvalue weighted by molar-refractivity contribution is 6.16. The van der Waals surface area contributed by atoms with E-state index >= 15 is 0 Å². The SMILES string of the molecule is COCCOCCCn1c(CCl)nc2c(F)cc(F)cc21. The van der Waals surface area contributed by atoms with Gasteiger partial charge in [-0.25, -0.2) is 13.8 Å². The average molecular weight is 319 g/mol. The number of rotatable bonds is 8. The van der Waals surface area contributed by atoms with Crippen LogP contribution in [0.2, 0.25) is 0 Å². The number of aryl methyl sites for hydroxylation is 1. The lowest BCUT2D eigenvalue weighted by Gasteiger charge is -2.08. The van der Waals surface area contributed by atoms with E-state index < -0.39 is 11.6 Å². The van der Waals surface area contributed by atoms with E-state index in [9.17, 15) is 8.78 Å². The molecule has 0 N–H and O–H groups in total. The fourth-order valence-corrected chi connectivity index (χ4v) is 2.32. The molecule has 0 aliphatic rings. The molecule has 116 valence electrons. The fraction of sp³-hybridized carbons (Fsp3) is 0.500. The van der Waals surface area contributed by atoms with Crippen molar-refractivity contribution >= 4 is 22.6 Å². The van der Waals surface area contributed by atoms with Crippen LogP contribution in [0.3, 0.4) is 0 Å². The Labute approximate surface area is 126 Å². The number of alkyl halides is 1. The minimum atomic E-state index is -0.675. The van der Waals surface area contributed by atoms with Crippen molar-refractivity contribution in [2.75, 3.05) is 26.9 Å². The van der Waals surface area contributed by atoms with Gasteiger partial charge in [0, 0.05) is 26.3 Å². The molecule has 0 atom stereocenters. The van der Waals surface area contributed by atoms with Crippen LogP contribution < -0.4 is 0 Å². The zero-order valence-corrected chi connectivity index (χ0v) is 12.5. The van der Waals surface area contributed by atoms with Crippen molar-refractivity contribution in [3.05, 3.63) is 29.6 Å². The summed E-state index contributed by atoms with van der Waals surface area (Å²) in [5.74, 6) is -0.640. The second-order valence-corrected chi connectivity index (χ2v) is 4.79. The van der Waals surface area contributed by atoms with Crippen molar-refractivity contribution in [3.8, 4) is 0 Å². The smallest absolute Gasteiger partial charge is 0.153 e. The molecule has 0 bridgehead atoms. The quantitative estimate of drug-likeness (QED) is 0.554. The first-order valence-corrected chi connectivity index (χ1v) is 7.17. The van der Waals surface area contributed by atoms with E-state index in [-0.39, 0.29) is 11.4 Å². The molecule has 21 heavy (non-hydrogen) atoms. The number of hydrogen-bond acceptors (Lipinski definition) is 3. The third kappa shape index (κ3) is 3.90. The van der Waals surface area contributed by atoms with Gasteiger partial charge in [0.15, 0.2) is 5.82 Å². The summed E-state index contributed by atoms with van der Waals surface area (Å²) in [6, 6.07) is 2.10. The largest absolute Gasteiger partial charge is 0.382 e. The fourth-order valence-electron chi connectivity index (χ4n) is 2.12. The van der Waals surface area contributed by atoms with Crippen molar-refractivity contribution in [3.63, 3.8) is 0 Å². The molecular weight excluding hydrogens is 302 g/mol. The number of halogens is 3. The Balaban J connectivity index is 2.10. The minimum Gasteiger partial charge on any atom is -0.382 e. The molecular formula is C14H17ClF2N2O2. The molecule has 7 heteroatoms. The zero-order chi connectivity index (χ0) is 15.2. The van der Waals surface area contributed by atoms with E-state index in [0.29, 0.717) is 44.1 Å². The van der Waals surface area contributed by atoms with Gasteiger partial charge < -0.3 is 14.0 Å². The Morgan fingerprint density at radius 3 is 2.76 bits per heavy atom. The number of benzene rings is 1. The number of ether oxygens (including phenoxy) is 2. The van der Waals surface area contributed by atoms with E-state index in [4.69, 9.17) is 21.1 Å². The minimum absolute atomic E-state index is 0.139. The van der Waals surface area contributed by atoms with Crippen LogP contribution in [0.5, 0.6) is 0 Å². The molecule has 1 aromatic heterocycles. The molecule has 0 aliphatic carbocycles. The van der Waals surface area contributed by atoms with Gasteiger partial charge in [0.25, 0.3) is 0 Å². The molecule has 1 aromatic carbocycles. The van der Waals surface area contributed by atoms with Crippen LogP contribution in [0.15, 0.2) is 12.1 Å². The van der Waals surface area contributed by atoms with Gasteiger partial charge in [0.1, 0.15) is 17.2 Å². The zero-order valence-electron chi connectivity index (χ0n) is 11.7. The summed E-state index contributed by atoms with van der Waals surface area (Å²) in [4.78, 5) is 4.13. The van der Waals surface area contributed by atoms with E-state index in [1.54, 1.807) is 11.7 Å². The molecule has 2 rings (SSSR count). The van der Waals surface area contributed by atoms with Crippen LogP contribution in [0.1, 0.15) is 12.2 Å². The first-order valence-electron chi connectivity index (χ1n) is 6.64. The maximum absolute atomic E-state index is 13.7. The Kier molecular flexibility index (Phi) is 5.90. The van der Waals surface area contributed by atoms with Crippen molar-refractivity contribution in [1.29, 1.82) is 0 Å². The van der Waals surface area contributed by atoms with E-state index in [1.165, 1.54) is 6.07 Å². The van der Waals surface area contributed by atoms with Crippen molar-refractivity contribution in [2.24, 2.45) is 0 Å². The Bertz CT molecular complexity index is 604. The Hall–Kier alpha value is -1.24. The topological polar surface area (TPSA) is 36.3 Å². The second kappa shape index (κ2) is 7.68. The molecule has 2 aromatic rings. The van der Waals surface area contributed by atoms with E-state index in [1.807, 2.05) is 0 Å². The van der Waals surface area contributed by atoms with Gasteiger partial charge in [0.2, 0.25) is 0 Å². The standard InChI is InChI=1S/C14H17ClF2N2O2/c1-20-5-6-21-4-2-3-19-12-8-10(16)7-11(17)14(12)18-13(19)9-15/h7-8H,2-6,9H2,1H3. The third-order valence-corrected chi connectivity index (χ3v) is 3.31. The van der Waals surface area contributed by atoms with Gasteiger partial charge in [-0.3, -0.25) is 0 Å². The summed E-state index contributed by atoms with van der Waals surface area (Å²) in [5, 5.41) is 0. The highest BCUT2D eigenvalue weighted by atomic mass is 35.5. The molecule has 0 radical (unpaired) electrons. The lowest BCUT2D eigenvalue weighted by molar-refractivity contribution is 0.0681. The molecule has 0 aliphatic heterocycles. The van der Waals surface area contributed by atoms with Crippen LogP contribution in [0, 0.1) is 11.6 Å². The van der Waals surface area contributed by atoms with Gasteiger partial charge in [-0.1, -0.05) is 0 Å². The monoisotopic (exact) mass is 318 g/mol. The number of fused-ring (bicyclic) bond motifs is 1. The molecule has 0 unspecified atom stereocenters. The third-order valence-electron chi connectivity index (χ3n) is 3.07. The Morgan fingerprint density at radius 1 is 1.24 bits per heavy atom. The van der Waals surface area contributed by atoms with Crippen LogP contribution in [0.4, 0.5) is 8.78 Å². The molecule has 0 spiro atoms. The van der Waals surface area contributed by atoms with E-state index in [2.05, 4.69) is 4.98 Å². The van der Waals surface area contributed by atoms with Crippen molar-refractivity contribution in [2.45, 2.75) is 18.8 Å².